The summed E-state index contributed by atoms with van der Waals surface area (Å²) in [6.07, 6.45) is 2.37. The first-order chi connectivity index (χ1) is 7.15. The lowest BCUT2D eigenvalue weighted by Gasteiger charge is -2.30. The van der Waals surface area contributed by atoms with E-state index in [9.17, 15) is 0 Å². The molecule has 0 spiro atoms. The fourth-order valence-electron chi connectivity index (χ4n) is 1.88. The first-order valence-corrected chi connectivity index (χ1v) is 5.91. The number of hydrogen-bond acceptors (Lipinski definition) is 1. The third-order valence-electron chi connectivity index (χ3n) is 3.18. The van der Waals surface area contributed by atoms with E-state index in [1.54, 1.807) is 0 Å². The topological polar surface area (TPSA) is 3.24 Å². The number of rotatable bonds is 5. The van der Waals surface area contributed by atoms with Crippen LogP contribution in [-0.2, 0) is 6.42 Å². The number of nitrogens with zero attached hydrogens (tertiary/aromatic N) is 1. The quantitative estimate of drug-likeness (QED) is 0.712. The van der Waals surface area contributed by atoms with Crippen LogP contribution < -0.4 is 0 Å². The van der Waals surface area contributed by atoms with E-state index in [2.05, 4.69) is 63.1 Å². The molecule has 1 nitrogen and oxygen atoms in total. The fourth-order valence-corrected chi connectivity index (χ4v) is 1.88. The molecule has 0 fully saturated rings. The summed E-state index contributed by atoms with van der Waals surface area (Å²) in [5.74, 6) is 0. The van der Waals surface area contributed by atoms with Crippen LogP contribution in [0.4, 0.5) is 0 Å². The van der Waals surface area contributed by atoms with Gasteiger partial charge in [0.25, 0.3) is 0 Å². The highest BCUT2D eigenvalue weighted by atomic mass is 15.1. The zero-order valence-electron chi connectivity index (χ0n) is 10.4. The van der Waals surface area contributed by atoms with E-state index in [0.29, 0.717) is 12.1 Å². The van der Waals surface area contributed by atoms with Crippen LogP contribution in [0.3, 0.4) is 0 Å². The van der Waals surface area contributed by atoms with E-state index in [1.807, 2.05) is 0 Å². The molecule has 1 rings (SSSR count). The van der Waals surface area contributed by atoms with Crippen LogP contribution in [0.2, 0.25) is 0 Å². The van der Waals surface area contributed by atoms with Crippen molar-refractivity contribution >= 4 is 0 Å². The standard InChI is InChI=1S/C14H23N/c1-5-14(15(4)12(2)3)11-13-9-7-6-8-10-13/h6-10,12,14H,5,11H2,1-4H3/t14-/m0/s1. The highest BCUT2D eigenvalue weighted by Crippen LogP contribution is 2.12. The minimum atomic E-state index is 0.624. The van der Waals surface area contributed by atoms with Gasteiger partial charge in [0.05, 0.1) is 0 Å². The van der Waals surface area contributed by atoms with Gasteiger partial charge in [-0.3, -0.25) is 0 Å². The van der Waals surface area contributed by atoms with Crippen molar-refractivity contribution < 1.29 is 0 Å². The van der Waals surface area contributed by atoms with Gasteiger partial charge in [-0.25, -0.2) is 0 Å². The third kappa shape index (κ3) is 3.67. The molecule has 0 aliphatic carbocycles. The number of benzene rings is 1. The molecule has 0 unspecified atom stereocenters. The Balaban J connectivity index is 2.62. The average molecular weight is 205 g/mol. The van der Waals surface area contributed by atoms with E-state index in [4.69, 9.17) is 0 Å². The van der Waals surface area contributed by atoms with Gasteiger partial charge in [-0.1, -0.05) is 37.3 Å². The Kier molecular flexibility index (Phi) is 4.83. The molecule has 0 aliphatic rings. The summed E-state index contributed by atoms with van der Waals surface area (Å²) in [7, 11) is 2.22. The third-order valence-corrected chi connectivity index (χ3v) is 3.18. The van der Waals surface area contributed by atoms with Crippen LogP contribution in [0.1, 0.15) is 32.8 Å². The molecule has 0 aliphatic heterocycles. The molecule has 0 N–H and O–H groups in total. The van der Waals surface area contributed by atoms with Crippen molar-refractivity contribution in [1.82, 2.24) is 4.90 Å². The zero-order chi connectivity index (χ0) is 11.3. The maximum Gasteiger partial charge on any atom is 0.0133 e. The first kappa shape index (κ1) is 12.3. The van der Waals surface area contributed by atoms with Crippen molar-refractivity contribution in [3.05, 3.63) is 35.9 Å². The molecule has 0 saturated heterocycles. The number of likely N-dealkylation sites (N-methyl/N-ethyl adjacent to an activating group) is 1. The smallest absolute Gasteiger partial charge is 0.0133 e. The summed E-state index contributed by atoms with van der Waals surface area (Å²) in [5, 5.41) is 0. The SMILES string of the molecule is CC[C@@H](Cc1ccccc1)N(C)C(C)C. The van der Waals surface area contributed by atoms with Crippen LogP contribution >= 0.6 is 0 Å². The van der Waals surface area contributed by atoms with Crippen LogP contribution in [0, 0.1) is 0 Å². The van der Waals surface area contributed by atoms with Gasteiger partial charge in [0.2, 0.25) is 0 Å². The second kappa shape index (κ2) is 5.92. The van der Waals surface area contributed by atoms with Crippen molar-refractivity contribution in [2.24, 2.45) is 0 Å². The summed E-state index contributed by atoms with van der Waals surface area (Å²) in [4.78, 5) is 2.47. The van der Waals surface area contributed by atoms with Crippen LogP contribution in [-0.4, -0.2) is 24.0 Å². The predicted octanol–water partition coefficient (Wildman–Crippen LogP) is 3.35. The molecule has 0 amide bonds. The summed E-state index contributed by atoms with van der Waals surface area (Å²) >= 11 is 0. The number of hydrogen-bond donors (Lipinski definition) is 0. The molecule has 15 heavy (non-hydrogen) atoms. The van der Waals surface area contributed by atoms with Crippen LogP contribution in [0.15, 0.2) is 30.3 Å². The molecule has 0 saturated carbocycles. The summed E-state index contributed by atoms with van der Waals surface area (Å²) in [6, 6.07) is 12.0. The Labute approximate surface area is 94.1 Å². The lowest BCUT2D eigenvalue weighted by Crippen LogP contribution is -2.38. The van der Waals surface area contributed by atoms with Gasteiger partial charge in [0.15, 0.2) is 0 Å². The fraction of sp³-hybridized carbons (Fsp3) is 0.571. The van der Waals surface area contributed by atoms with Crippen molar-refractivity contribution in [1.29, 1.82) is 0 Å². The van der Waals surface area contributed by atoms with Crippen molar-refractivity contribution in [3.8, 4) is 0 Å². The molecule has 0 radical (unpaired) electrons. The Morgan fingerprint density at radius 2 is 1.73 bits per heavy atom. The minimum absolute atomic E-state index is 0.624. The van der Waals surface area contributed by atoms with Gasteiger partial charge in [0.1, 0.15) is 0 Å². The first-order valence-electron chi connectivity index (χ1n) is 5.91. The summed E-state index contributed by atoms with van der Waals surface area (Å²) in [6.45, 7) is 6.79. The monoisotopic (exact) mass is 205 g/mol. The molecule has 1 aromatic carbocycles. The Morgan fingerprint density at radius 1 is 1.13 bits per heavy atom. The molecule has 0 aromatic heterocycles. The van der Waals surface area contributed by atoms with E-state index in [-0.39, 0.29) is 0 Å². The largest absolute Gasteiger partial charge is 0.301 e. The highest BCUT2D eigenvalue weighted by Gasteiger charge is 2.15. The lowest BCUT2D eigenvalue weighted by atomic mass is 10.0. The zero-order valence-corrected chi connectivity index (χ0v) is 10.4. The highest BCUT2D eigenvalue weighted by molar-refractivity contribution is 5.15. The second-order valence-electron chi connectivity index (χ2n) is 4.51. The van der Waals surface area contributed by atoms with E-state index < -0.39 is 0 Å². The van der Waals surface area contributed by atoms with Crippen LogP contribution in [0.25, 0.3) is 0 Å². The minimum Gasteiger partial charge on any atom is -0.301 e. The maximum absolute atomic E-state index is 2.47. The van der Waals surface area contributed by atoms with E-state index in [1.165, 1.54) is 12.0 Å². The van der Waals surface area contributed by atoms with Crippen molar-refractivity contribution in [2.75, 3.05) is 7.05 Å². The van der Waals surface area contributed by atoms with Gasteiger partial charge in [-0.05, 0) is 39.3 Å². The van der Waals surface area contributed by atoms with E-state index >= 15 is 0 Å². The molecule has 1 aromatic rings. The van der Waals surface area contributed by atoms with E-state index in [0.717, 1.165) is 6.42 Å². The van der Waals surface area contributed by atoms with Crippen molar-refractivity contribution in [2.45, 2.75) is 45.7 Å². The molecule has 0 heterocycles. The normalized spacial score (nSPS) is 13.5. The van der Waals surface area contributed by atoms with Gasteiger partial charge in [-0.15, -0.1) is 0 Å². The van der Waals surface area contributed by atoms with Gasteiger partial charge < -0.3 is 4.90 Å². The van der Waals surface area contributed by atoms with Gasteiger partial charge in [0, 0.05) is 12.1 Å². The second-order valence-corrected chi connectivity index (χ2v) is 4.51. The molecular formula is C14H23N. The van der Waals surface area contributed by atoms with Gasteiger partial charge >= 0.3 is 0 Å². The lowest BCUT2D eigenvalue weighted by molar-refractivity contribution is 0.189. The molecule has 0 bridgehead atoms. The molecule has 1 atom stereocenters. The summed E-state index contributed by atoms with van der Waals surface area (Å²) < 4.78 is 0. The predicted molar refractivity (Wildman–Crippen MR) is 67.1 cm³/mol. The average Bonchev–Trinajstić information content (AvgIpc) is 2.26. The van der Waals surface area contributed by atoms with Crippen molar-refractivity contribution in [3.63, 3.8) is 0 Å². The van der Waals surface area contributed by atoms with Crippen LogP contribution in [0.5, 0.6) is 0 Å². The molecular weight excluding hydrogens is 182 g/mol. The maximum atomic E-state index is 2.47. The Bertz CT molecular complexity index is 266. The molecule has 1 heteroatoms. The Hall–Kier alpha value is -0.820. The Morgan fingerprint density at radius 3 is 2.20 bits per heavy atom. The molecule has 84 valence electrons. The van der Waals surface area contributed by atoms with Gasteiger partial charge in [-0.2, -0.15) is 0 Å². The summed E-state index contributed by atoms with van der Waals surface area (Å²) in [5.41, 5.74) is 1.44.